The Morgan fingerprint density at radius 1 is 1.08 bits per heavy atom. The maximum absolute atomic E-state index is 10.4. The lowest BCUT2D eigenvalue weighted by atomic mass is 9.98. The number of para-hydroxylation sites is 1. The van der Waals surface area contributed by atoms with Gasteiger partial charge in [-0.15, -0.1) is 0 Å². The van der Waals surface area contributed by atoms with E-state index in [1.54, 1.807) is 0 Å². The van der Waals surface area contributed by atoms with Crippen molar-refractivity contribution < 1.29 is 9.84 Å². The van der Waals surface area contributed by atoms with Gasteiger partial charge < -0.3 is 9.84 Å². The van der Waals surface area contributed by atoms with Gasteiger partial charge in [-0.3, -0.25) is 4.90 Å². The van der Waals surface area contributed by atoms with E-state index in [9.17, 15) is 5.11 Å². The predicted octanol–water partition coefficient (Wildman–Crippen LogP) is 4.00. The number of hydrogen-bond donors (Lipinski definition) is 1. The highest BCUT2D eigenvalue weighted by atomic mass is 16.5. The van der Waals surface area contributed by atoms with Crippen molar-refractivity contribution in [2.45, 2.75) is 45.3 Å². The molecule has 0 aromatic heterocycles. The van der Waals surface area contributed by atoms with Crippen molar-refractivity contribution in [2.75, 3.05) is 19.7 Å². The third kappa shape index (κ3) is 4.62. The van der Waals surface area contributed by atoms with Gasteiger partial charge in [0.1, 0.15) is 18.5 Å². The lowest BCUT2D eigenvalue weighted by molar-refractivity contribution is 0.0633. The number of rotatable bonds is 7. The Morgan fingerprint density at radius 3 is 2.60 bits per heavy atom. The van der Waals surface area contributed by atoms with Crippen LogP contribution in [0.2, 0.25) is 0 Å². The van der Waals surface area contributed by atoms with Crippen LogP contribution in [-0.2, 0) is 13.0 Å². The molecule has 1 heterocycles. The zero-order chi connectivity index (χ0) is 17.6. The summed E-state index contributed by atoms with van der Waals surface area (Å²) in [5.74, 6) is 1.37. The van der Waals surface area contributed by atoms with Crippen molar-refractivity contribution in [3.63, 3.8) is 0 Å². The van der Waals surface area contributed by atoms with Gasteiger partial charge in [0.25, 0.3) is 0 Å². The van der Waals surface area contributed by atoms with Crippen LogP contribution in [-0.4, -0.2) is 35.8 Å². The van der Waals surface area contributed by atoms with Crippen molar-refractivity contribution in [1.82, 2.24) is 4.90 Å². The number of β-amino-alcohol motifs (C(OH)–C–C–N with tert-alkyl or cyclic N) is 1. The zero-order valence-corrected chi connectivity index (χ0v) is 15.3. The molecule has 1 aliphatic rings. The molecule has 0 saturated carbocycles. The zero-order valence-electron chi connectivity index (χ0n) is 15.3. The summed E-state index contributed by atoms with van der Waals surface area (Å²) < 4.78 is 5.96. The Labute approximate surface area is 151 Å². The monoisotopic (exact) mass is 339 g/mol. The van der Waals surface area contributed by atoms with E-state index in [2.05, 4.69) is 55.1 Å². The molecule has 3 nitrogen and oxygen atoms in total. The number of aliphatic hydroxyl groups excluding tert-OH is 1. The topological polar surface area (TPSA) is 32.7 Å². The largest absolute Gasteiger partial charge is 0.491 e. The van der Waals surface area contributed by atoms with Gasteiger partial charge in [0.15, 0.2) is 0 Å². The molecule has 2 aromatic rings. The van der Waals surface area contributed by atoms with Crippen LogP contribution in [0.4, 0.5) is 0 Å². The number of hydrogen-bond acceptors (Lipinski definition) is 3. The van der Waals surface area contributed by atoms with E-state index < -0.39 is 6.10 Å². The van der Waals surface area contributed by atoms with E-state index in [0.717, 1.165) is 31.7 Å². The Kier molecular flexibility index (Phi) is 6.11. The standard InChI is InChI=1S/C22H29NO2/c1-3-17(2)21-10-6-7-11-22(21)25-16-20(24)15-23-13-12-18-8-4-5-9-19(18)14-23/h4-11,17,20,24H,3,12-16H2,1-2H3/t17-,20+/m1/s1. The van der Waals surface area contributed by atoms with Crippen LogP contribution >= 0.6 is 0 Å². The van der Waals surface area contributed by atoms with Crippen LogP contribution in [0, 0.1) is 0 Å². The second-order valence-electron chi connectivity index (χ2n) is 7.07. The number of fused-ring (bicyclic) bond motifs is 1. The van der Waals surface area contributed by atoms with Gasteiger partial charge in [-0.05, 0) is 41.5 Å². The van der Waals surface area contributed by atoms with Gasteiger partial charge in [0.05, 0.1) is 0 Å². The van der Waals surface area contributed by atoms with E-state index in [1.807, 2.05) is 12.1 Å². The van der Waals surface area contributed by atoms with Crippen LogP contribution in [0.25, 0.3) is 0 Å². The molecule has 0 radical (unpaired) electrons. The number of benzene rings is 2. The van der Waals surface area contributed by atoms with Crippen molar-refractivity contribution in [3.8, 4) is 5.75 Å². The van der Waals surface area contributed by atoms with Crippen molar-refractivity contribution in [1.29, 1.82) is 0 Å². The first-order valence-electron chi connectivity index (χ1n) is 9.36. The maximum Gasteiger partial charge on any atom is 0.122 e. The van der Waals surface area contributed by atoms with E-state index in [-0.39, 0.29) is 0 Å². The lowest BCUT2D eigenvalue weighted by Crippen LogP contribution is -2.38. The first kappa shape index (κ1) is 18.0. The molecule has 0 spiro atoms. The SMILES string of the molecule is CC[C@@H](C)c1ccccc1OC[C@@H](O)CN1CCc2ccccc2C1. The Bertz CT molecular complexity index is 685. The molecule has 2 aromatic carbocycles. The minimum absolute atomic E-state index is 0.339. The average molecular weight is 339 g/mol. The molecular formula is C22H29NO2. The molecule has 134 valence electrons. The second kappa shape index (κ2) is 8.50. The van der Waals surface area contributed by atoms with Crippen molar-refractivity contribution in [2.24, 2.45) is 0 Å². The van der Waals surface area contributed by atoms with E-state index in [0.29, 0.717) is 19.1 Å². The summed E-state index contributed by atoms with van der Waals surface area (Å²) in [6.45, 7) is 7.30. The summed E-state index contributed by atoms with van der Waals surface area (Å²) in [5, 5.41) is 10.4. The summed E-state index contributed by atoms with van der Waals surface area (Å²) in [4.78, 5) is 2.32. The minimum Gasteiger partial charge on any atom is -0.491 e. The van der Waals surface area contributed by atoms with Gasteiger partial charge in [0, 0.05) is 19.6 Å². The number of nitrogens with zero attached hydrogens (tertiary/aromatic N) is 1. The Hall–Kier alpha value is -1.84. The van der Waals surface area contributed by atoms with Crippen molar-refractivity contribution in [3.05, 3.63) is 65.2 Å². The molecular weight excluding hydrogens is 310 g/mol. The highest BCUT2D eigenvalue weighted by Crippen LogP contribution is 2.28. The summed E-state index contributed by atoms with van der Waals surface area (Å²) >= 11 is 0. The molecule has 2 atom stereocenters. The van der Waals surface area contributed by atoms with Crippen LogP contribution in [0.3, 0.4) is 0 Å². The molecule has 0 amide bonds. The highest BCUT2D eigenvalue weighted by molar-refractivity contribution is 5.36. The second-order valence-corrected chi connectivity index (χ2v) is 7.07. The number of aliphatic hydroxyl groups is 1. The molecule has 1 N–H and O–H groups in total. The van der Waals surface area contributed by atoms with E-state index in [4.69, 9.17) is 4.74 Å². The molecule has 0 bridgehead atoms. The Morgan fingerprint density at radius 2 is 1.80 bits per heavy atom. The number of ether oxygens (including phenoxy) is 1. The fourth-order valence-electron chi connectivity index (χ4n) is 3.49. The molecule has 3 rings (SSSR count). The predicted molar refractivity (Wildman–Crippen MR) is 102 cm³/mol. The quantitative estimate of drug-likeness (QED) is 0.828. The van der Waals surface area contributed by atoms with Crippen molar-refractivity contribution >= 4 is 0 Å². The molecule has 0 unspecified atom stereocenters. The molecule has 25 heavy (non-hydrogen) atoms. The average Bonchev–Trinajstić information content (AvgIpc) is 2.66. The van der Waals surface area contributed by atoms with Gasteiger partial charge >= 0.3 is 0 Å². The molecule has 0 fully saturated rings. The van der Waals surface area contributed by atoms with Gasteiger partial charge in [-0.1, -0.05) is 56.3 Å². The van der Waals surface area contributed by atoms with Crippen LogP contribution in [0.15, 0.2) is 48.5 Å². The Balaban J connectivity index is 1.53. The van der Waals surface area contributed by atoms with Gasteiger partial charge in [-0.25, -0.2) is 0 Å². The summed E-state index contributed by atoms with van der Waals surface area (Å²) in [6.07, 6.45) is 1.66. The molecule has 0 aliphatic carbocycles. The highest BCUT2D eigenvalue weighted by Gasteiger charge is 2.19. The van der Waals surface area contributed by atoms with Crippen LogP contribution < -0.4 is 4.74 Å². The first-order chi connectivity index (χ1) is 12.2. The fourth-order valence-corrected chi connectivity index (χ4v) is 3.49. The van der Waals surface area contributed by atoms with Gasteiger partial charge in [0.2, 0.25) is 0 Å². The van der Waals surface area contributed by atoms with Crippen LogP contribution in [0.5, 0.6) is 5.75 Å². The lowest BCUT2D eigenvalue weighted by Gasteiger charge is -2.30. The van der Waals surface area contributed by atoms with E-state index in [1.165, 1.54) is 16.7 Å². The normalized spacial score (nSPS) is 16.9. The fraction of sp³-hybridized carbons (Fsp3) is 0.455. The summed E-state index contributed by atoms with van der Waals surface area (Å²) in [5.41, 5.74) is 4.04. The third-order valence-corrected chi connectivity index (χ3v) is 5.17. The van der Waals surface area contributed by atoms with Crippen LogP contribution in [0.1, 0.15) is 42.9 Å². The molecule has 0 saturated heterocycles. The molecule has 3 heteroatoms. The smallest absolute Gasteiger partial charge is 0.122 e. The maximum atomic E-state index is 10.4. The summed E-state index contributed by atoms with van der Waals surface area (Å²) in [7, 11) is 0. The third-order valence-electron chi connectivity index (χ3n) is 5.17. The first-order valence-corrected chi connectivity index (χ1v) is 9.36. The molecule has 1 aliphatic heterocycles. The van der Waals surface area contributed by atoms with Gasteiger partial charge in [-0.2, -0.15) is 0 Å². The minimum atomic E-state index is -0.477. The van der Waals surface area contributed by atoms with E-state index >= 15 is 0 Å². The summed E-state index contributed by atoms with van der Waals surface area (Å²) in [6, 6.07) is 16.8.